The Morgan fingerprint density at radius 2 is 1.70 bits per heavy atom. The van der Waals surface area contributed by atoms with Gasteiger partial charge in [0, 0.05) is 29.4 Å². The number of aromatic nitrogens is 1. The Morgan fingerprint density at radius 3 is 2.38 bits per heavy atom. The fraction of sp³-hybridized carbons (Fsp3) is 0.400. The van der Waals surface area contributed by atoms with Crippen LogP contribution in [0.1, 0.15) is 64.1 Å². The summed E-state index contributed by atoms with van der Waals surface area (Å²) in [6.07, 6.45) is 3.87. The molecule has 1 aromatic heterocycles. The van der Waals surface area contributed by atoms with Crippen LogP contribution < -0.4 is 15.4 Å². The van der Waals surface area contributed by atoms with Gasteiger partial charge in [0.15, 0.2) is 15.9 Å². The lowest BCUT2D eigenvalue weighted by Gasteiger charge is -2.33. The van der Waals surface area contributed by atoms with Gasteiger partial charge in [-0.05, 0) is 68.7 Å². The van der Waals surface area contributed by atoms with Crippen molar-refractivity contribution >= 4 is 38.5 Å². The fourth-order valence-electron chi connectivity index (χ4n) is 6.61. The average molecular weight is 743 g/mol. The Kier molecular flexibility index (Phi) is 10.8. The molecule has 0 spiro atoms. The number of benzene rings is 3. The molecule has 0 aliphatic carbocycles. The molecule has 0 radical (unpaired) electrons. The van der Waals surface area contributed by atoms with Gasteiger partial charge in [0.05, 0.1) is 10.8 Å². The molecule has 6 rings (SSSR count). The van der Waals surface area contributed by atoms with Crippen molar-refractivity contribution in [3.63, 3.8) is 0 Å². The molecule has 2 aliphatic heterocycles. The highest BCUT2D eigenvalue weighted by Crippen LogP contribution is 2.42. The lowest BCUT2D eigenvalue weighted by Crippen LogP contribution is -2.60. The lowest BCUT2D eigenvalue weighted by molar-refractivity contribution is -0.135. The number of carbonyl (C=O) groups is 3. The maximum Gasteiger partial charge on any atom is 0.411 e. The predicted octanol–water partition coefficient (Wildman–Crippen LogP) is 5.68. The van der Waals surface area contributed by atoms with Gasteiger partial charge in [-0.25, -0.2) is 13.2 Å². The minimum atomic E-state index is -3.96. The van der Waals surface area contributed by atoms with Gasteiger partial charge in [0.25, 0.3) is 12.1 Å². The molecule has 3 aromatic carbocycles. The number of carbonyl (C=O) groups excluding carboxylic acids is 3. The third-order valence-electron chi connectivity index (χ3n) is 9.87. The van der Waals surface area contributed by atoms with Crippen LogP contribution in [-0.4, -0.2) is 71.5 Å². The normalized spacial score (nSPS) is 20.8. The van der Waals surface area contributed by atoms with E-state index in [2.05, 4.69) is 15.6 Å². The van der Waals surface area contributed by atoms with E-state index in [1.54, 1.807) is 30.6 Å². The largest absolute Gasteiger partial charge is 0.460 e. The summed E-state index contributed by atoms with van der Waals surface area (Å²) in [7, 11) is -3.96. The van der Waals surface area contributed by atoms with E-state index >= 15 is 0 Å². The Balaban J connectivity index is 1.25. The first-order chi connectivity index (χ1) is 25.2. The number of epoxide rings is 1. The maximum atomic E-state index is 14.4. The van der Waals surface area contributed by atoms with E-state index in [1.165, 1.54) is 13.8 Å². The Labute approximate surface area is 310 Å². The molecule has 13 heteroatoms. The number of rotatable bonds is 16. The number of ether oxygens (including phenoxy) is 3. The summed E-state index contributed by atoms with van der Waals surface area (Å²) in [6.45, 7) is 6.84. The van der Waals surface area contributed by atoms with Crippen LogP contribution in [-0.2, 0) is 35.3 Å². The number of amides is 3. The molecule has 2 fully saturated rings. The first-order valence-electron chi connectivity index (χ1n) is 17.8. The molecule has 2 saturated heterocycles. The average Bonchev–Trinajstić information content (AvgIpc) is 3.97. The number of fused-ring (bicyclic) bond motifs is 1. The lowest BCUT2D eigenvalue weighted by atomic mass is 9.97. The van der Waals surface area contributed by atoms with Crippen molar-refractivity contribution in [1.82, 2.24) is 20.5 Å². The van der Waals surface area contributed by atoms with Gasteiger partial charge in [0.1, 0.15) is 11.8 Å². The zero-order valence-corrected chi connectivity index (χ0v) is 31.3. The number of nitrogens with zero attached hydrogens (tertiary/aromatic N) is 2. The molecule has 3 unspecified atom stereocenters. The van der Waals surface area contributed by atoms with Gasteiger partial charge >= 0.3 is 12.0 Å². The van der Waals surface area contributed by atoms with E-state index in [9.17, 15) is 22.8 Å². The molecule has 53 heavy (non-hydrogen) atoms. The van der Waals surface area contributed by atoms with Crippen molar-refractivity contribution in [1.29, 1.82) is 0 Å². The summed E-state index contributed by atoms with van der Waals surface area (Å²) in [5.74, 6) is -2.74. The van der Waals surface area contributed by atoms with Crippen LogP contribution in [0, 0.1) is 5.92 Å². The predicted molar refractivity (Wildman–Crippen MR) is 199 cm³/mol. The van der Waals surface area contributed by atoms with E-state index in [1.807, 2.05) is 80.6 Å². The van der Waals surface area contributed by atoms with Crippen LogP contribution in [0.3, 0.4) is 0 Å². The van der Waals surface area contributed by atoms with E-state index < -0.39 is 56.8 Å². The second-order valence-electron chi connectivity index (χ2n) is 14.6. The number of sulfone groups is 1. The molecular weight excluding hydrogens is 697 g/mol. The van der Waals surface area contributed by atoms with Crippen molar-refractivity contribution in [2.75, 3.05) is 6.26 Å². The molecular formula is C40H46N4O8S. The summed E-state index contributed by atoms with van der Waals surface area (Å²) < 4.78 is 42.7. The number of alkyl carbamates (subject to hydrolysis) is 1. The van der Waals surface area contributed by atoms with Crippen LogP contribution in [0.15, 0.2) is 97.3 Å². The van der Waals surface area contributed by atoms with E-state index in [-0.39, 0.29) is 12.0 Å². The van der Waals surface area contributed by atoms with Crippen LogP contribution in [0.2, 0.25) is 0 Å². The van der Waals surface area contributed by atoms with Gasteiger partial charge in [-0.15, -0.1) is 0 Å². The highest BCUT2D eigenvalue weighted by molar-refractivity contribution is 7.92. The summed E-state index contributed by atoms with van der Waals surface area (Å²) in [6, 6.07) is 24.4. The second-order valence-corrected chi connectivity index (χ2v) is 17.2. The molecule has 0 bridgehead atoms. The minimum Gasteiger partial charge on any atom is -0.460 e. The number of hydrogen-bond acceptors (Lipinski definition) is 9. The third-order valence-corrected chi connectivity index (χ3v) is 12.0. The number of nitrogens with one attached hydrogen (secondary N) is 2. The third kappa shape index (κ3) is 8.47. The quantitative estimate of drug-likeness (QED) is 0.109. The number of aryl methyl sites for hydroxylation is 1. The number of pyridine rings is 1. The van der Waals surface area contributed by atoms with Crippen molar-refractivity contribution < 1.29 is 37.0 Å². The summed E-state index contributed by atoms with van der Waals surface area (Å²) in [5, 5.41) is 7.12. The van der Waals surface area contributed by atoms with Crippen LogP contribution in [0.25, 0.3) is 10.8 Å². The standard InChI is InChI=1S/C40H46N4O8S/c1-26(2)24-31(28-17-10-7-11-18-28)42-38(47)52-40(33(51-40)21-12-16-27-14-8-6-9-15-27)43-35(45)34(39(3,4)53(5,48)49)44-36(46)37(44)50-32-20-13-19-29-25-41-23-22-30(29)32/h6-11,13-15,17-20,22-23,25-26,31,33-34,37H,12,16,21,24H2,1-5H3,(H,42,47)(H,43,45)/t31?,33-,34-,37?,40?,44?/m1/s1. The van der Waals surface area contributed by atoms with E-state index in [0.717, 1.165) is 34.1 Å². The van der Waals surface area contributed by atoms with E-state index in [0.29, 0.717) is 30.4 Å². The van der Waals surface area contributed by atoms with Crippen LogP contribution in [0.4, 0.5) is 4.79 Å². The first-order valence-corrected chi connectivity index (χ1v) is 19.7. The van der Waals surface area contributed by atoms with Crippen molar-refractivity contribution in [2.45, 2.75) is 88.5 Å². The zero-order chi connectivity index (χ0) is 38.0. The van der Waals surface area contributed by atoms with E-state index in [4.69, 9.17) is 14.2 Å². The molecule has 5 atom stereocenters. The molecule has 2 N–H and O–H groups in total. The van der Waals surface area contributed by atoms with Gasteiger partial charge < -0.3 is 19.5 Å². The maximum absolute atomic E-state index is 14.4. The van der Waals surface area contributed by atoms with Crippen molar-refractivity contribution in [3.05, 3.63) is 108 Å². The molecule has 3 heterocycles. The molecule has 12 nitrogen and oxygen atoms in total. The molecule has 2 aliphatic rings. The van der Waals surface area contributed by atoms with Crippen LogP contribution >= 0.6 is 0 Å². The Hall–Kier alpha value is -5.01. The zero-order valence-electron chi connectivity index (χ0n) is 30.5. The SMILES string of the molecule is CC(C)CC(NC(=O)OC1(NC(=O)[C@@H](N2C(=O)C2Oc2cccc3cnccc23)C(C)(C)S(C)(=O)=O)O[C@@H]1CCCc1ccccc1)c1ccccc1. The highest BCUT2D eigenvalue weighted by atomic mass is 32.2. The van der Waals surface area contributed by atoms with Crippen LogP contribution in [0.5, 0.6) is 5.75 Å². The summed E-state index contributed by atoms with van der Waals surface area (Å²) in [5.41, 5.74) is 2.00. The molecule has 3 amide bonds. The highest BCUT2D eigenvalue weighted by Gasteiger charge is 2.66. The van der Waals surface area contributed by atoms with Crippen molar-refractivity contribution in [2.24, 2.45) is 5.92 Å². The van der Waals surface area contributed by atoms with Gasteiger partial charge in [-0.3, -0.25) is 24.8 Å². The topological polar surface area (TPSA) is 156 Å². The van der Waals surface area contributed by atoms with Gasteiger partial charge in [0.2, 0.25) is 5.91 Å². The summed E-state index contributed by atoms with van der Waals surface area (Å²) >= 11 is 0. The fourth-order valence-corrected chi connectivity index (χ4v) is 7.24. The van der Waals surface area contributed by atoms with Gasteiger partial charge in [-0.1, -0.05) is 86.6 Å². The molecule has 4 aromatic rings. The second kappa shape index (κ2) is 15.2. The van der Waals surface area contributed by atoms with Gasteiger partial charge in [-0.2, -0.15) is 0 Å². The minimum absolute atomic E-state index is 0.238. The smallest absolute Gasteiger partial charge is 0.411 e. The summed E-state index contributed by atoms with van der Waals surface area (Å²) in [4.78, 5) is 46.7. The molecule has 280 valence electrons. The number of hydrogen-bond donors (Lipinski definition) is 2. The Morgan fingerprint density at radius 1 is 1.00 bits per heavy atom. The first kappa shape index (κ1) is 37.7. The Bertz CT molecular complexity index is 2060. The van der Waals surface area contributed by atoms with Crippen molar-refractivity contribution in [3.8, 4) is 5.75 Å². The molecule has 0 saturated carbocycles. The monoisotopic (exact) mass is 742 g/mol.